The van der Waals surface area contributed by atoms with Crippen molar-refractivity contribution in [2.24, 2.45) is 0 Å². The quantitative estimate of drug-likeness (QED) is 0.0806. The van der Waals surface area contributed by atoms with Crippen LogP contribution in [0.15, 0.2) is 121 Å². The molecule has 0 fully saturated rings. The lowest BCUT2D eigenvalue weighted by molar-refractivity contribution is 0.571. The lowest BCUT2D eigenvalue weighted by Crippen LogP contribution is -1.97. The third kappa shape index (κ3) is 7.86. The molecule has 0 saturated heterocycles. The maximum atomic E-state index is 4.89. The molecule has 61 heavy (non-hydrogen) atoms. The first kappa shape index (κ1) is 40.0. The minimum Gasteiger partial charge on any atom is -0.340 e. The zero-order valence-electron chi connectivity index (χ0n) is 35.5. The SMILES string of the molecule is CCCCCCCCn1c2ccccc2c2cc(-c3ccc(-c4ccc(-c5ccc(-c6ccc7c(c6)c6ccccc6n7CCCCCCCC)s5)c5nsnc45)s3)ccc21. The van der Waals surface area contributed by atoms with E-state index in [1.165, 1.54) is 163 Å². The van der Waals surface area contributed by atoms with Crippen LogP contribution in [-0.4, -0.2) is 17.9 Å². The highest BCUT2D eigenvalue weighted by atomic mass is 32.1. The second-order valence-electron chi connectivity index (χ2n) is 16.8. The van der Waals surface area contributed by atoms with E-state index in [4.69, 9.17) is 8.75 Å². The molecule has 0 atom stereocenters. The van der Waals surface area contributed by atoms with Crippen molar-refractivity contribution in [3.05, 3.63) is 121 Å². The van der Waals surface area contributed by atoms with Crippen molar-refractivity contribution < 1.29 is 0 Å². The van der Waals surface area contributed by atoms with Crippen LogP contribution >= 0.6 is 34.4 Å². The molecule has 0 aliphatic heterocycles. The molecule has 10 aromatic rings. The molecular formula is C54H54N4S3. The molecule has 0 N–H and O–H groups in total. The molecule has 0 bridgehead atoms. The molecule has 0 unspecified atom stereocenters. The van der Waals surface area contributed by atoms with Crippen molar-refractivity contribution in [3.8, 4) is 41.8 Å². The molecule has 0 spiro atoms. The summed E-state index contributed by atoms with van der Waals surface area (Å²) in [6.45, 7) is 6.72. The zero-order chi connectivity index (χ0) is 41.1. The molecule has 308 valence electrons. The van der Waals surface area contributed by atoms with E-state index in [2.05, 4.69) is 144 Å². The van der Waals surface area contributed by atoms with Gasteiger partial charge in [-0.15, -0.1) is 22.7 Å². The maximum Gasteiger partial charge on any atom is 0.114 e. The van der Waals surface area contributed by atoms with Crippen molar-refractivity contribution in [3.63, 3.8) is 0 Å². The average molecular weight is 855 g/mol. The molecule has 0 radical (unpaired) electrons. The molecule has 10 rings (SSSR count). The average Bonchev–Trinajstić information content (AvgIpc) is 4.16. The van der Waals surface area contributed by atoms with Crippen LogP contribution < -0.4 is 0 Å². The molecule has 0 aliphatic carbocycles. The fraction of sp³-hybridized carbons (Fsp3) is 0.296. The van der Waals surface area contributed by atoms with E-state index < -0.39 is 0 Å². The number of aromatic nitrogens is 4. The number of benzene rings is 5. The summed E-state index contributed by atoms with van der Waals surface area (Å²) in [6.07, 6.45) is 15.7. The normalized spacial score (nSPS) is 12.0. The summed E-state index contributed by atoms with van der Waals surface area (Å²) >= 11 is 5.00. The van der Waals surface area contributed by atoms with E-state index in [1.54, 1.807) is 0 Å². The van der Waals surface area contributed by atoms with Gasteiger partial charge in [0, 0.05) is 87.3 Å². The number of hydrogen-bond acceptors (Lipinski definition) is 5. The number of fused-ring (bicyclic) bond motifs is 7. The highest BCUT2D eigenvalue weighted by Gasteiger charge is 2.19. The van der Waals surface area contributed by atoms with Crippen LogP contribution in [0.2, 0.25) is 0 Å². The van der Waals surface area contributed by atoms with Gasteiger partial charge < -0.3 is 9.13 Å². The Bertz CT molecular complexity index is 2890. The number of unbranched alkanes of at least 4 members (excludes halogenated alkanes) is 10. The Balaban J connectivity index is 0.903. The molecule has 5 aromatic carbocycles. The van der Waals surface area contributed by atoms with Crippen molar-refractivity contribution in [2.75, 3.05) is 0 Å². The third-order valence-corrected chi connectivity index (χ3v) is 15.6. The van der Waals surface area contributed by atoms with E-state index in [1.807, 2.05) is 22.7 Å². The Hall–Kier alpha value is -5.08. The van der Waals surface area contributed by atoms with Gasteiger partial charge in [0.15, 0.2) is 0 Å². The van der Waals surface area contributed by atoms with Gasteiger partial charge in [0.25, 0.3) is 0 Å². The predicted octanol–water partition coefficient (Wildman–Crippen LogP) is 17.4. The first-order valence-electron chi connectivity index (χ1n) is 22.7. The first-order valence-corrected chi connectivity index (χ1v) is 25.0. The lowest BCUT2D eigenvalue weighted by Gasteiger charge is -2.08. The van der Waals surface area contributed by atoms with Gasteiger partial charge in [-0.2, -0.15) is 8.75 Å². The van der Waals surface area contributed by atoms with Crippen LogP contribution in [0.3, 0.4) is 0 Å². The molecule has 0 aliphatic rings. The van der Waals surface area contributed by atoms with Gasteiger partial charge in [0.1, 0.15) is 11.0 Å². The van der Waals surface area contributed by atoms with Crippen LogP contribution in [0.1, 0.15) is 90.9 Å². The molecule has 4 nitrogen and oxygen atoms in total. The summed E-state index contributed by atoms with van der Waals surface area (Å²) in [7, 11) is 0. The van der Waals surface area contributed by atoms with Crippen molar-refractivity contribution in [1.82, 2.24) is 17.9 Å². The van der Waals surface area contributed by atoms with Gasteiger partial charge in [-0.05, 0) is 84.6 Å². The molecule has 0 amide bonds. The largest absolute Gasteiger partial charge is 0.340 e. The number of nitrogens with zero attached hydrogens (tertiary/aromatic N) is 4. The van der Waals surface area contributed by atoms with Gasteiger partial charge >= 0.3 is 0 Å². The fourth-order valence-electron chi connectivity index (χ4n) is 9.54. The maximum absolute atomic E-state index is 4.89. The van der Waals surface area contributed by atoms with Gasteiger partial charge in [-0.25, -0.2) is 0 Å². The number of para-hydroxylation sites is 2. The third-order valence-electron chi connectivity index (χ3n) is 12.7. The van der Waals surface area contributed by atoms with Crippen molar-refractivity contribution in [2.45, 2.75) is 104 Å². The van der Waals surface area contributed by atoms with E-state index in [0.29, 0.717) is 0 Å². The predicted molar refractivity (Wildman–Crippen MR) is 268 cm³/mol. The Kier molecular flexibility index (Phi) is 11.9. The van der Waals surface area contributed by atoms with E-state index in [9.17, 15) is 0 Å². The first-order chi connectivity index (χ1) is 30.2. The van der Waals surface area contributed by atoms with Gasteiger partial charge in [-0.1, -0.05) is 139 Å². The Labute approximate surface area is 371 Å². The van der Waals surface area contributed by atoms with Crippen LogP contribution in [-0.2, 0) is 13.1 Å². The highest BCUT2D eigenvalue weighted by Crippen LogP contribution is 2.44. The number of rotatable bonds is 18. The molecule has 5 heterocycles. The molecule has 7 heteroatoms. The van der Waals surface area contributed by atoms with E-state index in [0.717, 1.165) is 35.2 Å². The minimum atomic E-state index is 0.985. The lowest BCUT2D eigenvalue weighted by atomic mass is 10.1. The summed E-state index contributed by atoms with van der Waals surface area (Å²) < 4.78 is 14.9. The van der Waals surface area contributed by atoms with Crippen LogP contribution in [0.4, 0.5) is 0 Å². The summed E-state index contributed by atoms with van der Waals surface area (Å²) in [5.41, 5.74) is 12.2. The number of aryl methyl sites for hydroxylation is 2. The smallest absolute Gasteiger partial charge is 0.114 e. The van der Waals surface area contributed by atoms with Crippen molar-refractivity contribution >= 4 is 89.0 Å². The minimum absolute atomic E-state index is 0.985. The summed E-state index contributed by atoms with van der Waals surface area (Å²) in [6, 6.07) is 45.7. The monoisotopic (exact) mass is 854 g/mol. The Morgan fingerprint density at radius 3 is 1.28 bits per heavy atom. The Morgan fingerprint density at radius 1 is 0.393 bits per heavy atom. The van der Waals surface area contributed by atoms with Crippen LogP contribution in [0.5, 0.6) is 0 Å². The standard InChI is InChI=1S/C54H54N4S3/c1-3-5-7-9-11-17-33-57-45-21-15-13-19-39(45)43-35-37(23-27-47(43)57)49-29-31-51(59-49)41-25-26-42(54-53(41)55-61-56-54)52-32-30-50(60-52)38-24-28-48-44(36-38)40-20-14-16-22-46(40)58(48)34-18-12-10-8-6-4-2/h13-16,19-32,35-36H,3-12,17-18,33-34H2,1-2H3. The molecule has 5 aromatic heterocycles. The van der Waals surface area contributed by atoms with Gasteiger partial charge in [-0.3, -0.25) is 0 Å². The fourth-order valence-corrected chi connectivity index (χ4v) is 12.2. The zero-order valence-corrected chi connectivity index (χ0v) is 37.9. The summed E-state index contributed by atoms with van der Waals surface area (Å²) in [4.78, 5) is 4.99. The molecular weight excluding hydrogens is 801 g/mol. The topological polar surface area (TPSA) is 35.6 Å². The Morgan fingerprint density at radius 2 is 0.803 bits per heavy atom. The van der Waals surface area contributed by atoms with Crippen LogP contribution in [0.25, 0.3) is 96.4 Å². The van der Waals surface area contributed by atoms with Crippen LogP contribution in [0, 0.1) is 0 Å². The van der Waals surface area contributed by atoms with Gasteiger partial charge in [0.2, 0.25) is 0 Å². The van der Waals surface area contributed by atoms with E-state index >= 15 is 0 Å². The van der Waals surface area contributed by atoms with Gasteiger partial charge in [0.05, 0.1) is 11.7 Å². The van der Waals surface area contributed by atoms with E-state index in [-0.39, 0.29) is 0 Å². The highest BCUT2D eigenvalue weighted by molar-refractivity contribution is 7.19. The second-order valence-corrected chi connectivity index (χ2v) is 19.5. The van der Waals surface area contributed by atoms with Crippen molar-refractivity contribution in [1.29, 1.82) is 0 Å². The summed E-state index contributed by atoms with van der Waals surface area (Å²) in [5, 5.41) is 5.37. The number of hydrogen-bond donors (Lipinski definition) is 0. The number of thiophene rings is 2. The summed E-state index contributed by atoms with van der Waals surface area (Å²) in [5.74, 6) is 0. The molecule has 0 saturated carbocycles. The second kappa shape index (κ2) is 18.1.